The number of anilines is 2. The first kappa shape index (κ1) is 13.1. The monoisotopic (exact) mass is 258 g/mol. The highest BCUT2D eigenvalue weighted by Crippen LogP contribution is 2.16. The molecule has 0 unspecified atom stereocenters. The van der Waals surface area contributed by atoms with Gasteiger partial charge in [0.15, 0.2) is 0 Å². The number of aryl methyl sites for hydroxylation is 1. The van der Waals surface area contributed by atoms with Crippen molar-refractivity contribution in [2.45, 2.75) is 20.4 Å². The number of nitrogen functional groups attached to an aromatic ring is 1. The summed E-state index contributed by atoms with van der Waals surface area (Å²) in [6.07, 6.45) is 0. The van der Waals surface area contributed by atoms with Gasteiger partial charge in [0.1, 0.15) is 6.54 Å². The molecule has 0 aliphatic carbocycles. The van der Waals surface area contributed by atoms with Crippen molar-refractivity contribution in [2.75, 3.05) is 17.7 Å². The van der Waals surface area contributed by atoms with Gasteiger partial charge in [-0.05, 0) is 26.0 Å². The number of nitrogens with two attached hydrogens (primary N) is 1. The lowest BCUT2D eigenvalue weighted by molar-refractivity contribution is -0.119. The van der Waals surface area contributed by atoms with Gasteiger partial charge >= 0.3 is 0 Å². The largest absolute Gasteiger partial charge is 0.396 e. The predicted octanol–water partition coefficient (Wildman–Crippen LogP) is 1.75. The van der Waals surface area contributed by atoms with Crippen LogP contribution in [-0.4, -0.2) is 22.7 Å². The maximum atomic E-state index is 12.2. The van der Waals surface area contributed by atoms with E-state index in [-0.39, 0.29) is 12.5 Å². The summed E-state index contributed by atoms with van der Waals surface area (Å²) in [5.74, 6) is -0.0307. The molecule has 0 spiro atoms. The van der Waals surface area contributed by atoms with Gasteiger partial charge in [0.05, 0.1) is 17.1 Å². The highest BCUT2D eigenvalue weighted by molar-refractivity contribution is 5.92. The molecule has 1 heterocycles. The second-order valence-electron chi connectivity index (χ2n) is 4.53. The Hall–Kier alpha value is -2.30. The molecule has 100 valence electrons. The number of likely N-dealkylation sites (N-methyl/N-ethyl adjacent to an activating group) is 1. The Labute approximate surface area is 112 Å². The number of hydrogen-bond donors (Lipinski definition) is 1. The van der Waals surface area contributed by atoms with Gasteiger partial charge in [0.2, 0.25) is 5.91 Å². The molecule has 0 aliphatic heterocycles. The molecule has 0 saturated carbocycles. The minimum atomic E-state index is -0.0307. The predicted molar refractivity (Wildman–Crippen MR) is 76.0 cm³/mol. The Kier molecular flexibility index (Phi) is 3.55. The summed E-state index contributed by atoms with van der Waals surface area (Å²) in [6.45, 7) is 3.89. The maximum absolute atomic E-state index is 12.2. The van der Waals surface area contributed by atoms with E-state index in [0.29, 0.717) is 5.69 Å². The summed E-state index contributed by atoms with van der Waals surface area (Å²) in [4.78, 5) is 13.8. The second kappa shape index (κ2) is 5.14. The standard InChI is InChI=1S/C14H18N4O/c1-10-14(15)11(2)18(16-10)9-13(19)17(3)12-7-5-4-6-8-12/h4-8H,9,15H2,1-3H3. The topological polar surface area (TPSA) is 64.2 Å². The molecule has 0 aliphatic rings. The van der Waals surface area contributed by atoms with E-state index in [0.717, 1.165) is 17.1 Å². The highest BCUT2D eigenvalue weighted by Gasteiger charge is 2.15. The summed E-state index contributed by atoms with van der Waals surface area (Å²) in [7, 11) is 1.76. The van der Waals surface area contributed by atoms with Gasteiger partial charge in [0, 0.05) is 12.7 Å². The third kappa shape index (κ3) is 2.59. The second-order valence-corrected chi connectivity index (χ2v) is 4.53. The lowest BCUT2D eigenvalue weighted by Crippen LogP contribution is -2.30. The van der Waals surface area contributed by atoms with Crippen molar-refractivity contribution in [1.82, 2.24) is 9.78 Å². The van der Waals surface area contributed by atoms with Crippen LogP contribution >= 0.6 is 0 Å². The molecule has 19 heavy (non-hydrogen) atoms. The Morgan fingerprint density at radius 2 is 1.95 bits per heavy atom. The summed E-state index contributed by atoms with van der Waals surface area (Å²) >= 11 is 0. The van der Waals surface area contributed by atoms with Crippen LogP contribution in [0.15, 0.2) is 30.3 Å². The fourth-order valence-electron chi connectivity index (χ4n) is 1.89. The van der Waals surface area contributed by atoms with Crippen molar-refractivity contribution in [2.24, 2.45) is 0 Å². The molecule has 0 bridgehead atoms. The smallest absolute Gasteiger partial charge is 0.248 e. The van der Waals surface area contributed by atoms with E-state index in [1.165, 1.54) is 0 Å². The first-order valence-corrected chi connectivity index (χ1v) is 6.11. The molecule has 0 fully saturated rings. The molecule has 5 heteroatoms. The molecule has 0 atom stereocenters. The van der Waals surface area contributed by atoms with Crippen LogP contribution in [0.3, 0.4) is 0 Å². The van der Waals surface area contributed by atoms with E-state index in [1.54, 1.807) is 16.6 Å². The lowest BCUT2D eigenvalue weighted by Gasteiger charge is -2.17. The molecular formula is C14H18N4O. The Bertz CT molecular complexity index is 589. The fraction of sp³-hybridized carbons (Fsp3) is 0.286. The van der Waals surface area contributed by atoms with E-state index in [9.17, 15) is 4.79 Å². The van der Waals surface area contributed by atoms with Crippen molar-refractivity contribution in [3.63, 3.8) is 0 Å². The number of nitrogens with zero attached hydrogens (tertiary/aromatic N) is 3. The molecule has 0 radical (unpaired) electrons. The van der Waals surface area contributed by atoms with Crippen molar-refractivity contribution in [3.8, 4) is 0 Å². The van der Waals surface area contributed by atoms with E-state index in [2.05, 4.69) is 5.10 Å². The fourth-order valence-corrected chi connectivity index (χ4v) is 1.89. The Morgan fingerprint density at radius 1 is 1.32 bits per heavy atom. The molecule has 5 nitrogen and oxygen atoms in total. The van der Waals surface area contributed by atoms with Crippen molar-refractivity contribution >= 4 is 17.3 Å². The highest BCUT2D eigenvalue weighted by atomic mass is 16.2. The number of rotatable bonds is 3. The summed E-state index contributed by atoms with van der Waals surface area (Å²) < 4.78 is 1.65. The zero-order valence-electron chi connectivity index (χ0n) is 11.4. The van der Waals surface area contributed by atoms with Crippen molar-refractivity contribution < 1.29 is 4.79 Å². The van der Waals surface area contributed by atoms with Crippen LogP contribution < -0.4 is 10.6 Å². The van der Waals surface area contributed by atoms with Crippen LogP contribution in [-0.2, 0) is 11.3 Å². The summed E-state index contributed by atoms with van der Waals surface area (Å²) in [5.41, 5.74) is 8.95. The van der Waals surface area contributed by atoms with Crippen LogP contribution in [0.5, 0.6) is 0 Å². The first-order valence-electron chi connectivity index (χ1n) is 6.11. The van der Waals surface area contributed by atoms with Gasteiger partial charge in [-0.25, -0.2) is 0 Å². The van der Waals surface area contributed by atoms with Gasteiger partial charge in [-0.15, -0.1) is 0 Å². The van der Waals surface area contributed by atoms with E-state index in [4.69, 9.17) is 5.73 Å². The van der Waals surface area contributed by atoms with Crippen molar-refractivity contribution in [1.29, 1.82) is 0 Å². The molecule has 1 amide bonds. The SMILES string of the molecule is Cc1nn(CC(=O)N(C)c2ccccc2)c(C)c1N. The third-order valence-corrected chi connectivity index (χ3v) is 3.24. The van der Waals surface area contributed by atoms with E-state index >= 15 is 0 Å². The van der Waals surface area contributed by atoms with Crippen LogP contribution in [0.2, 0.25) is 0 Å². The Balaban J connectivity index is 2.15. The van der Waals surface area contributed by atoms with Gasteiger partial charge in [0.25, 0.3) is 0 Å². The number of hydrogen-bond acceptors (Lipinski definition) is 3. The van der Waals surface area contributed by atoms with Gasteiger partial charge in [-0.1, -0.05) is 18.2 Å². The van der Waals surface area contributed by atoms with Gasteiger partial charge < -0.3 is 10.6 Å². The first-order chi connectivity index (χ1) is 9.00. The maximum Gasteiger partial charge on any atom is 0.248 e. The van der Waals surface area contributed by atoms with E-state index in [1.807, 2.05) is 44.2 Å². The minimum Gasteiger partial charge on any atom is -0.396 e. The molecule has 2 N–H and O–H groups in total. The number of aromatic nitrogens is 2. The number of para-hydroxylation sites is 1. The summed E-state index contributed by atoms with van der Waals surface area (Å²) in [5, 5.41) is 4.27. The summed E-state index contributed by atoms with van der Waals surface area (Å²) in [6, 6.07) is 9.52. The molecule has 1 aromatic heterocycles. The average Bonchev–Trinajstić information content (AvgIpc) is 2.66. The average molecular weight is 258 g/mol. The number of carbonyl (C=O) groups excluding carboxylic acids is 1. The third-order valence-electron chi connectivity index (χ3n) is 3.24. The number of amides is 1. The van der Waals surface area contributed by atoms with Crippen LogP contribution in [0.25, 0.3) is 0 Å². The lowest BCUT2D eigenvalue weighted by atomic mass is 10.3. The van der Waals surface area contributed by atoms with Gasteiger partial charge in [-0.3, -0.25) is 9.48 Å². The zero-order valence-corrected chi connectivity index (χ0v) is 11.4. The van der Waals surface area contributed by atoms with Crippen LogP contribution in [0, 0.1) is 13.8 Å². The zero-order chi connectivity index (χ0) is 14.0. The normalized spacial score (nSPS) is 10.5. The number of carbonyl (C=O) groups is 1. The van der Waals surface area contributed by atoms with Crippen molar-refractivity contribution in [3.05, 3.63) is 41.7 Å². The molecule has 0 saturated heterocycles. The van der Waals surface area contributed by atoms with Gasteiger partial charge in [-0.2, -0.15) is 5.10 Å². The number of benzene rings is 1. The molecule has 2 aromatic rings. The van der Waals surface area contributed by atoms with Crippen LogP contribution in [0.4, 0.5) is 11.4 Å². The van der Waals surface area contributed by atoms with Crippen LogP contribution in [0.1, 0.15) is 11.4 Å². The molecular weight excluding hydrogens is 240 g/mol. The Morgan fingerprint density at radius 3 is 2.47 bits per heavy atom. The molecule has 2 rings (SSSR count). The quantitative estimate of drug-likeness (QED) is 0.912. The minimum absolute atomic E-state index is 0.0307. The van der Waals surface area contributed by atoms with E-state index < -0.39 is 0 Å². The molecule has 1 aromatic carbocycles.